The highest BCUT2D eigenvalue weighted by atomic mass is 16.3. The zero-order chi connectivity index (χ0) is 14.5. The van der Waals surface area contributed by atoms with E-state index in [2.05, 4.69) is 29.3 Å². The Morgan fingerprint density at radius 3 is 2.95 bits per heavy atom. The van der Waals surface area contributed by atoms with E-state index < -0.39 is 6.10 Å². The second-order valence-electron chi connectivity index (χ2n) is 5.69. The molecular weight excluding hydrogens is 252 g/mol. The summed E-state index contributed by atoms with van der Waals surface area (Å²) >= 11 is 0. The molecule has 110 valence electrons. The summed E-state index contributed by atoms with van der Waals surface area (Å²) in [6.45, 7) is 4.19. The van der Waals surface area contributed by atoms with Gasteiger partial charge in [0.15, 0.2) is 0 Å². The predicted molar refractivity (Wildman–Crippen MR) is 79.5 cm³/mol. The Kier molecular flexibility index (Phi) is 5.15. The molecule has 0 saturated carbocycles. The topological polar surface area (TPSA) is 52.6 Å². The van der Waals surface area contributed by atoms with Crippen molar-refractivity contribution in [1.82, 2.24) is 10.2 Å². The molecule has 0 aliphatic carbocycles. The maximum Gasteiger partial charge on any atom is 0.227 e. The number of aliphatic hydroxyl groups is 1. The average Bonchev–Trinajstić information content (AvgIpc) is 2.43. The normalized spacial score (nSPS) is 23.6. The summed E-state index contributed by atoms with van der Waals surface area (Å²) in [7, 11) is 1.99. The van der Waals surface area contributed by atoms with Crippen molar-refractivity contribution in [2.45, 2.75) is 25.9 Å². The van der Waals surface area contributed by atoms with Gasteiger partial charge in [-0.05, 0) is 37.9 Å². The third-order valence-corrected chi connectivity index (χ3v) is 4.07. The minimum absolute atomic E-state index is 0.0300. The molecule has 0 radical (unpaired) electrons. The maximum absolute atomic E-state index is 12.1. The van der Waals surface area contributed by atoms with Gasteiger partial charge < -0.3 is 15.3 Å². The number of aryl methyl sites for hydroxylation is 1. The molecule has 2 N–H and O–H groups in total. The van der Waals surface area contributed by atoms with Gasteiger partial charge >= 0.3 is 0 Å². The molecule has 1 aromatic rings. The Morgan fingerprint density at radius 1 is 1.45 bits per heavy atom. The van der Waals surface area contributed by atoms with Crippen LogP contribution < -0.4 is 5.32 Å². The zero-order valence-electron chi connectivity index (χ0n) is 12.3. The second kappa shape index (κ2) is 6.86. The fourth-order valence-electron chi connectivity index (χ4n) is 2.70. The van der Waals surface area contributed by atoms with Crippen molar-refractivity contribution in [3.63, 3.8) is 0 Å². The van der Waals surface area contributed by atoms with E-state index >= 15 is 0 Å². The number of amides is 1. The van der Waals surface area contributed by atoms with Crippen molar-refractivity contribution in [2.24, 2.45) is 5.92 Å². The number of likely N-dealkylation sites (tertiary alicyclic amines) is 1. The van der Waals surface area contributed by atoms with Crippen LogP contribution in [0.3, 0.4) is 0 Å². The minimum atomic E-state index is -0.510. The molecule has 1 aromatic carbocycles. The number of carbonyl (C=O) groups excluding carboxylic acids is 1. The molecule has 0 spiro atoms. The highest BCUT2D eigenvalue weighted by molar-refractivity contribution is 5.79. The zero-order valence-corrected chi connectivity index (χ0v) is 12.3. The first-order chi connectivity index (χ1) is 9.58. The Hall–Kier alpha value is -1.39. The van der Waals surface area contributed by atoms with E-state index in [9.17, 15) is 9.90 Å². The van der Waals surface area contributed by atoms with Crippen molar-refractivity contribution >= 4 is 5.91 Å². The standard InChI is InChI=1S/C16H24N2O2/c1-12-5-3-4-6-13(12)7-9-17-16(20)14-11-18(2)10-8-15(14)19/h3-6,14-15,19H,7-11H2,1-2H3,(H,17,20)/t14-,15-/m1/s1. The van der Waals surface area contributed by atoms with Gasteiger partial charge in [0.05, 0.1) is 12.0 Å². The van der Waals surface area contributed by atoms with Crippen LogP contribution in [-0.4, -0.2) is 48.7 Å². The highest BCUT2D eigenvalue weighted by Crippen LogP contribution is 2.16. The number of aliphatic hydroxyl groups excluding tert-OH is 1. The number of nitrogens with zero attached hydrogens (tertiary/aromatic N) is 1. The number of rotatable bonds is 4. The predicted octanol–water partition coefficient (Wildman–Crippen LogP) is 0.966. The number of nitrogens with one attached hydrogen (secondary N) is 1. The molecule has 2 atom stereocenters. The fraction of sp³-hybridized carbons (Fsp3) is 0.562. The summed E-state index contributed by atoms with van der Waals surface area (Å²) in [4.78, 5) is 14.2. The molecule has 2 rings (SSSR count). The van der Waals surface area contributed by atoms with Gasteiger partial charge in [-0.2, -0.15) is 0 Å². The van der Waals surface area contributed by atoms with Crippen molar-refractivity contribution < 1.29 is 9.90 Å². The van der Waals surface area contributed by atoms with Crippen LogP contribution in [0.25, 0.3) is 0 Å². The number of benzene rings is 1. The molecule has 0 unspecified atom stereocenters. The van der Waals surface area contributed by atoms with E-state index in [0.717, 1.165) is 13.0 Å². The van der Waals surface area contributed by atoms with Crippen LogP contribution in [0.2, 0.25) is 0 Å². The van der Waals surface area contributed by atoms with Crippen LogP contribution in [-0.2, 0) is 11.2 Å². The Balaban J connectivity index is 1.82. The fourth-order valence-corrected chi connectivity index (χ4v) is 2.70. The van der Waals surface area contributed by atoms with Gasteiger partial charge in [-0.3, -0.25) is 4.79 Å². The third-order valence-electron chi connectivity index (χ3n) is 4.07. The summed E-state index contributed by atoms with van der Waals surface area (Å²) < 4.78 is 0. The Labute approximate surface area is 120 Å². The molecule has 4 heteroatoms. The van der Waals surface area contributed by atoms with Crippen molar-refractivity contribution in [1.29, 1.82) is 0 Å². The van der Waals surface area contributed by atoms with Crippen LogP contribution in [0.4, 0.5) is 0 Å². The van der Waals surface area contributed by atoms with E-state index in [1.54, 1.807) is 0 Å². The quantitative estimate of drug-likeness (QED) is 0.861. The lowest BCUT2D eigenvalue weighted by atomic mass is 9.94. The molecule has 4 nitrogen and oxygen atoms in total. The summed E-state index contributed by atoms with van der Waals surface area (Å²) in [5.74, 6) is -0.330. The Morgan fingerprint density at radius 2 is 2.20 bits per heavy atom. The van der Waals surface area contributed by atoms with Crippen LogP contribution in [0, 0.1) is 12.8 Å². The van der Waals surface area contributed by atoms with Crippen LogP contribution >= 0.6 is 0 Å². The number of hydrogen-bond acceptors (Lipinski definition) is 3. The van der Waals surface area contributed by atoms with E-state index in [-0.39, 0.29) is 11.8 Å². The van der Waals surface area contributed by atoms with Gasteiger partial charge in [-0.25, -0.2) is 0 Å². The van der Waals surface area contributed by atoms with E-state index in [1.807, 2.05) is 19.2 Å². The molecule has 1 aliphatic rings. The molecule has 1 amide bonds. The van der Waals surface area contributed by atoms with Crippen LogP contribution in [0.5, 0.6) is 0 Å². The van der Waals surface area contributed by atoms with Gasteiger partial charge in [0.25, 0.3) is 0 Å². The third kappa shape index (κ3) is 3.81. The van der Waals surface area contributed by atoms with Gasteiger partial charge in [-0.1, -0.05) is 24.3 Å². The summed E-state index contributed by atoms with van der Waals surface area (Å²) in [6.07, 6.45) is 0.994. The molecular formula is C16H24N2O2. The first kappa shape index (κ1) is 15.0. The molecule has 1 aliphatic heterocycles. The smallest absolute Gasteiger partial charge is 0.227 e. The van der Waals surface area contributed by atoms with Crippen LogP contribution in [0.15, 0.2) is 24.3 Å². The summed E-state index contributed by atoms with van der Waals surface area (Å²) in [5.41, 5.74) is 2.51. The largest absolute Gasteiger partial charge is 0.392 e. The molecule has 1 fully saturated rings. The minimum Gasteiger partial charge on any atom is -0.392 e. The molecule has 0 aromatic heterocycles. The van der Waals surface area contributed by atoms with Gasteiger partial charge in [0.1, 0.15) is 0 Å². The second-order valence-corrected chi connectivity index (χ2v) is 5.69. The van der Waals surface area contributed by atoms with E-state index in [0.29, 0.717) is 19.5 Å². The van der Waals surface area contributed by atoms with Gasteiger partial charge in [-0.15, -0.1) is 0 Å². The van der Waals surface area contributed by atoms with Crippen molar-refractivity contribution in [3.05, 3.63) is 35.4 Å². The first-order valence-corrected chi connectivity index (χ1v) is 7.26. The molecule has 0 bridgehead atoms. The van der Waals surface area contributed by atoms with Gasteiger partial charge in [0.2, 0.25) is 5.91 Å². The van der Waals surface area contributed by atoms with E-state index in [4.69, 9.17) is 0 Å². The summed E-state index contributed by atoms with van der Waals surface area (Å²) in [5, 5.41) is 12.9. The van der Waals surface area contributed by atoms with Gasteiger partial charge in [0, 0.05) is 19.6 Å². The number of carbonyl (C=O) groups is 1. The van der Waals surface area contributed by atoms with Crippen LogP contribution in [0.1, 0.15) is 17.5 Å². The summed E-state index contributed by atoms with van der Waals surface area (Å²) in [6, 6.07) is 8.21. The highest BCUT2D eigenvalue weighted by Gasteiger charge is 2.31. The maximum atomic E-state index is 12.1. The lowest BCUT2D eigenvalue weighted by Gasteiger charge is -2.32. The average molecular weight is 276 g/mol. The lowest BCUT2D eigenvalue weighted by molar-refractivity contribution is -0.131. The number of piperidine rings is 1. The molecule has 1 saturated heterocycles. The van der Waals surface area contributed by atoms with Crippen molar-refractivity contribution in [3.8, 4) is 0 Å². The SMILES string of the molecule is Cc1ccccc1CCNC(=O)[C@@H]1CN(C)CC[C@H]1O. The molecule has 1 heterocycles. The number of hydrogen-bond donors (Lipinski definition) is 2. The van der Waals surface area contributed by atoms with Crippen molar-refractivity contribution in [2.75, 3.05) is 26.7 Å². The monoisotopic (exact) mass is 276 g/mol. The first-order valence-electron chi connectivity index (χ1n) is 7.26. The lowest BCUT2D eigenvalue weighted by Crippen LogP contribution is -2.49. The molecule has 20 heavy (non-hydrogen) atoms. The van der Waals surface area contributed by atoms with E-state index in [1.165, 1.54) is 11.1 Å². The Bertz CT molecular complexity index is 462.